The first-order chi connectivity index (χ1) is 11.6. The number of imidazole rings is 1. The van der Waals surface area contributed by atoms with Gasteiger partial charge < -0.3 is 18.8 Å². The normalized spacial score (nSPS) is 16.8. The number of esters is 1. The lowest BCUT2D eigenvalue weighted by Gasteiger charge is -2.32. The zero-order chi connectivity index (χ0) is 17.3. The first-order valence-corrected chi connectivity index (χ1v) is 8.17. The van der Waals surface area contributed by atoms with Crippen LogP contribution in [0.25, 0.3) is 0 Å². The Morgan fingerprint density at radius 2 is 2.17 bits per heavy atom. The number of fused-ring (bicyclic) bond motifs is 1. The van der Waals surface area contributed by atoms with E-state index in [2.05, 4.69) is 4.98 Å². The van der Waals surface area contributed by atoms with Crippen LogP contribution in [0.15, 0.2) is 24.7 Å². The smallest absolute Gasteiger partial charge is 0.316 e. The lowest BCUT2D eigenvalue weighted by Crippen LogP contribution is -2.42. The van der Waals surface area contributed by atoms with E-state index in [1.54, 1.807) is 28.8 Å². The van der Waals surface area contributed by atoms with Gasteiger partial charge in [0.1, 0.15) is 11.6 Å². The number of hydrogen-bond donors (Lipinski definition) is 0. The Labute approximate surface area is 140 Å². The Kier molecular flexibility index (Phi) is 4.42. The SMILES string of the molecule is CCOC(=O)[C@H]1CN(C(=O)c2cccn2C)Cc2ncn(CC)c21. The lowest BCUT2D eigenvalue weighted by atomic mass is 9.97. The van der Waals surface area contributed by atoms with Gasteiger partial charge in [-0.3, -0.25) is 9.59 Å². The molecule has 0 radical (unpaired) electrons. The first-order valence-electron chi connectivity index (χ1n) is 8.17. The van der Waals surface area contributed by atoms with Crippen LogP contribution >= 0.6 is 0 Å². The van der Waals surface area contributed by atoms with Gasteiger partial charge in [0.2, 0.25) is 0 Å². The molecule has 0 aliphatic carbocycles. The lowest BCUT2D eigenvalue weighted by molar-refractivity contribution is -0.145. The summed E-state index contributed by atoms with van der Waals surface area (Å²) in [5.74, 6) is -0.910. The average molecular weight is 330 g/mol. The number of nitrogens with zero attached hydrogens (tertiary/aromatic N) is 4. The number of hydrogen-bond acceptors (Lipinski definition) is 4. The highest BCUT2D eigenvalue weighted by Crippen LogP contribution is 2.30. The summed E-state index contributed by atoms with van der Waals surface area (Å²) in [6.45, 7) is 5.54. The molecule has 0 fully saturated rings. The van der Waals surface area contributed by atoms with E-state index in [-0.39, 0.29) is 11.9 Å². The molecule has 3 rings (SSSR count). The summed E-state index contributed by atoms with van der Waals surface area (Å²) in [7, 11) is 1.83. The maximum Gasteiger partial charge on any atom is 0.316 e. The summed E-state index contributed by atoms with van der Waals surface area (Å²) in [6.07, 6.45) is 3.56. The molecule has 2 aromatic rings. The van der Waals surface area contributed by atoms with E-state index in [4.69, 9.17) is 4.74 Å². The van der Waals surface area contributed by atoms with Gasteiger partial charge in [0.05, 0.1) is 30.9 Å². The Morgan fingerprint density at radius 1 is 1.38 bits per heavy atom. The van der Waals surface area contributed by atoms with Gasteiger partial charge in [0.15, 0.2) is 0 Å². The Morgan fingerprint density at radius 3 is 2.79 bits per heavy atom. The molecule has 1 atom stereocenters. The number of aromatic nitrogens is 3. The molecule has 0 unspecified atom stereocenters. The number of ether oxygens (including phenoxy) is 1. The molecule has 1 aliphatic rings. The number of carbonyl (C=O) groups is 2. The van der Waals surface area contributed by atoms with E-state index in [1.807, 2.05) is 30.8 Å². The second-order valence-electron chi connectivity index (χ2n) is 5.86. The molecule has 7 heteroatoms. The van der Waals surface area contributed by atoms with Gasteiger partial charge in [-0.25, -0.2) is 4.98 Å². The molecule has 0 aromatic carbocycles. The minimum Gasteiger partial charge on any atom is -0.465 e. The Balaban J connectivity index is 1.94. The zero-order valence-electron chi connectivity index (χ0n) is 14.2. The molecular formula is C17H22N4O3. The fourth-order valence-electron chi connectivity index (χ4n) is 3.19. The van der Waals surface area contributed by atoms with Crippen LogP contribution in [0.1, 0.15) is 41.6 Å². The van der Waals surface area contributed by atoms with Crippen molar-refractivity contribution in [1.29, 1.82) is 0 Å². The predicted octanol–water partition coefficient (Wildman–Crippen LogP) is 1.54. The third-order valence-electron chi connectivity index (χ3n) is 4.39. The fourth-order valence-corrected chi connectivity index (χ4v) is 3.19. The molecule has 3 heterocycles. The van der Waals surface area contributed by atoms with Crippen LogP contribution in [-0.2, 0) is 29.7 Å². The molecule has 1 aliphatic heterocycles. The summed E-state index contributed by atoms with van der Waals surface area (Å²) in [5.41, 5.74) is 2.23. The van der Waals surface area contributed by atoms with Gasteiger partial charge in [-0.1, -0.05) is 0 Å². The molecule has 0 N–H and O–H groups in total. The third kappa shape index (κ3) is 2.70. The van der Waals surface area contributed by atoms with Crippen LogP contribution in [-0.4, -0.2) is 44.0 Å². The van der Waals surface area contributed by atoms with Crippen LogP contribution in [0.2, 0.25) is 0 Å². The molecule has 0 bridgehead atoms. The van der Waals surface area contributed by atoms with Crippen molar-refractivity contribution in [1.82, 2.24) is 19.0 Å². The third-order valence-corrected chi connectivity index (χ3v) is 4.39. The van der Waals surface area contributed by atoms with E-state index < -0.39 is 5.92 Å². The molecule has 7 nitrogen and oxygen atoms in total. The largest absolute Gasteiger partial charge is 0.465 e. The number of carbonyl (C=O) groups excluding carboxylic acids is 2. The van der Waals surface area contributed by atoms with Gasteiger partial charge in [0, 0.05) is 26.3 Å². The first kappa shape index (κ1) is 16.3. The van der Waals surface area contributed by atoms with E-state index >= 15 is 0 Å². The molecule has 24 heavy (non-hydrogen) atoms. The van der Waals surface area contributed by atoms with E-state index in [9.17, 15) is 9.59 Å². The standard InChI is InChI=1S/C17H22N4O3/c1-4-20-11-18-13-10-21(16(22)14-7-6-8-19(14)3)9-12(15(13)20)17(23)24-5-2/h6-8,11-12H,4-5,9-10H2,1-3H3/t12-/m0/s1. The van der Waals surface area contributed by atoms with Crippen LogP contribution < -0.4 is 0 Å². The molecular weight excluding hydrogens is 308 g/mol. The zero-order valence-corrected chi connectivity index (χ0v) is 14.2. The van der Waals surface area contributed by atoms with E-state index in [0.29, 0.717) is 25.4 Å². The fraction of sp³-hybridized carbons (Fsp3) is 0.471. The molecule has 2 aromatic heterocycles. The van der Waals surface area contributed by atoms with Crippen molar-refractivity contribution in [3.63, 3.8) is 0 Å². The minimum absolute atomic E-state index is 0.103. The monoisotopic (exact) mass is 330 g/mol. The Bertz CT molecular complexity index is 762. The number of aryl methyl sites for hydroxylation is 2. The predicted molar refractivity (Wildman–Crippen MR) is 87.4 cm³/mol. The van der Waals surface area contributed by atoms with Crippen molar-refractivity contribution in [3.05, 3.63) is 41.7 Å². The maximum absolute atomic E-state index is 12.8. The van der Waals surface area contributed by atoms with E-state index in [0.717, 1.165) is 17.9 Å². The topological polar surface area (TPSA) is 69.4 Å². The van der Waals surface area contributed by atoms with Crippen molar-refractivity contribution in [2.75, 3.05) is 13.2 Å². The summed E-state index contributed by atoms with van der Waals surface area (Å²) in [4.78, 5) is 31.3. The highest BCUT2D eigenvalue weighted by atomic mass is 16.5. The van der Waals surface area contributed by atoms with Crippen molar-refractivity contribution < 1.29 is 14.3 Å². The quantitative estimate of drug-likeness (QED) is 0.798. The van der Waals surface area contributed by atoms with Crippen molar-refractivity contribution >= 4 is 11.9 Å². The Hall–Kier alpha value is -2.57. The highest BCUT2D eigenvalue weighted by Gasteiger charge is 2.37. The van der Waals surface area contributed by atoms with E-state index in [1.165, 1.54) is 0 Å². The number of amides is 1. The maximum atomic E-state index is 12.8. The van der Waals surface area contributed by atoms with Crippen LogP contribution in [0.3, 0.4) is 0 Å². The highest BCUT2D eigenvalue weighted by molar-refractivity contribution is 5.93. The molecule has 0 saturated heterocycles. The summed E-state index contributed by atoms with van der Waals surface area (Å²) in [5, 5.41) is 0. The average Bonchev–Trinajstić information content (AvgIpc) is 3.19. The minimum atomic E-state index is -0.500. The molecule has 128 valence electrons. The molecule has 0 saturated carbocycles. The second-order valence-corrected chi connectivity index (χ2v) is 5.86. The van der Waals surface area contributed by atoms with Gasteiger partial charge >= 0.3 is 5.97 Å². The van der Waals surface area contributed by atoms with Gasteiger partial charge in [-0.2, -0.15) is 0 Å². The molecule has 1 amide bonds. The van der Waals surface area contributed by atoms with Gasteiger partial charge in [0.25, 0.3) is 5.91 Å². The van der Waals surface area contributed by atoms with Gasteiger partial charge in [-0.05, 0) is 26.0 Å². The summed E-state index contributed by atoms with van der Waals surface area (Å²) in [6, 6.07) is 3.61. The van der Waals surface area contributed by atoms with Crippen LogP contribution in [0, 0.1) is 0 Å². The summed E-state index contributed by atoms with van der Waals surface area (Å²) >= 11 is 0. The van der Waals surface area contributed by atoms with Crippen molar-refractivity contribution in [3.8, 4) is 0 Å². The van der Waals surface area contributed by atoms with Crippen LogP contribution in [0.5, 0.6) is 0 Å². The van der Waals surface area contributed by atoms with Crippen LogP contribution in [0.4, 0.5) is 0 Å². The number of rotatable bonds is 4. The van der Waals surface area contributed by atoms with Gasteiger partial charge in [-0.15, -0.1) is 0 Å². The van der Waals surface area contributed by atoms with Crippen molar-refractivity contribution in [2.45, 2.75) is 32.9 Å². The molecule has 0 spiro atoms. The van der Waals surface area contributed by atoms with Crippen molar-refractivity contribution in [2.24, 2.45) is 7.05 Å². The summed E-state index contributed by atoms with van der Waals surface area (Å²) < 4.78 is 8.97. The second kappa shape index (κ2) is 6.51.